The van der Waals surface area contributed by atoms with Crippen LogP contribution in [0, 0.1) is 6.92 Å². The van der Waals surface area contributed by atoms with Gasteiger partial charge in [0.1, 0.15) is 0 Å². The third-order valence-electron chi connectivity index (χ3n) is 2.51. The first-order valence-electron chi connectivity index (χ1n) is 5.82. The van der Waals surface area contributed by atoms with Crippen LogP contribution in [0.3, 0.4) is 0 Å². The quantitative estimate of drug-likeness (QED) is 0.796. The van der Waals surface area contributed by atoms with Crippen molar-refractivity contribution in [3.05, 3.63) is 47.8 Å². The predicted molar refractivity (Wildman–Crippen MR) is 66.8 cm³/mol. The van der Waals surface area contributed by atoms with Crippen LogP contribution in [0.4, 0.5) is 0 Å². The van der Waals surface area contributed by atoms with Crippen molar-refractivity contribution < 1.29 is 18.4 Å². The minimum absolute atomic E-state index is 0.244. The predicted octanol–water partition coefficient (Wildman–Crippen LogP) is 1.34. The molecule has 0 bridgehead atoms. The fourth-order valence-corrected chi connectivity index (χ4v) is 1.53. The highest BCUT2D eigenvalue weighted by Gasteiger charge is 2.12. The van der Waals surface area contributed by atoms with Gasteiger partial charge in [-0.3, -0.25) is 9.59 Å². The molecule has 2 aromatic rings. The Kier molecular flexibility index (Phi) is 4.02. The van der Waals surface area contributed by atoms with E-state index in [-0.39, 0.29) is 23.3 Å². The zero-order chi connectivity index (χ0) is 13.7. The van der Waals surface area contributed by atoms with Crippen molar-refractivity contribution >= 4 is 11.8 Å². The monoisotopic (exact) mass is 262 g/mol. The molecular weight excluding hydrogens is 248 g/mol. The molecule has 19 heavy (non-hydrogen) atoms. The largest absolute Gasteiger partial charge is 0.459 e. The number of hydrogen-bond donors (Lipinski definition) is 2. The van der Waals surface area contributed by atoms with E-state index >= 15 is 0 Å². The highest BCUT2D eigenvalue weighted by atomic mass is 16.3. The van der Waals surface area contributed by atoms with Crippen LogP contribution in [0.2, 0.25) is 0 Å². The van der Waals surface area contributed by atoms with Gasteiger partial charge in [-0.2, -0.15) is 0 Å². The van der Waals surface area contributed by atoms with E-state index in [0.29, 0.717) is 13.1 Å². The molecule has 2 heterocycles. The lowest BCUT2D eigenvalue weighted by Gasteiger charge is -2.05. The molecular formula is C13H14N2O4. The second-order valence-electron chi connectivity index (χ2n) is 3.92. The van der Waals surface area contributed by atoms with E-state index in [4.69, 9.17) is 8.83 Å². The lowest BCUT2D eigenvalue weighted by Crippen LogP contribution is -2.34. The van der Waals surface area contributed by atoms with E-state index in [1.165, 1.54) is 12.5 Å². The third kappa shape index (κ3) is 3.25. The third-order valence-corrected chi connectivity index (χ3v) is 2.51. The highest BCUT2D eigenvalue weighted by molar-refractivity contribution is 5.93. The number of carbonyl (C=O) groups is 2. The molecule has 6 heteroatoms. The van der Waals surface area contributed by atoms with E-state index in [1.54, 1.807) is 25.1 Å². The van der Waals surface area contributed by atoms with Gasteiger partial charge in [0.15, 0.2) is 11.5 Å². The molecule has 0 radical (unpaired) electrons. The number of furan rings is 2. The first-order valence-corrected chi connectivity index (χ1v) is 5.82. The minimum atomic E-state index is -0.312. The van der Waals surface area contributed by atoms with Crippen LogP contribution in [0.5, 0.6) is 0 Å². The van der Waals surface area contributed by atoms with Crippen molar-refractivity contribution in [2.24, 2.45) is 0 Å². The Balaban J connectivity index is 1.71. The molecule has 0 aromatic carbocycles. The fourth-order valence-electron chi connectivity index (χ4n) is 1.53. The van der Waals surface area contributed by atoms with Gasteiger partial charge in [-0.05, 0) is 25.1 Å². The molecule has 0 saturated carbocycles. The van der Waals surface area contributed by atoms with Gasteiger partial charge >= 0.3 is 0 Å². The Bertz CT molecular complexity index is 557. The number of hydrogen-bond acceptors (Lipinski definition) is 4. The van der Waals surface area contributed by atoms with Crippen molar-refractivity contribution in [2.45, 2.75) is 6.92 Å². The minimum Gasteiger partial charge on any atom is -0.459 e. The smallest absolute Gasteiger partial charge is 0.287 e. The SMILES string of the molecule is Cc1ccoc1C(=O)NCCNC(=O)c1ccco1. The van der Waals surface area contributed by atoms with Crippen molar-refractivity contribution in [3.8, 4) is 0 Å². The molecule has 0 unspecified atom stereocenters. The molecule has 2 aromatic heterocycles. The standard InChI is InChI=1S/C13H14N2O4/c1-9-4-8-19-11(9)13(17)15-6-5-14-12(16)10-3-2-7-18-10/h2-4,7-8H,5-6H2,1H3,(H,14,16)(H,15,17). The molecule has 2 N–H and O–H groups in total. The van der Waals surface area contributed by atoms with Crippen molar-refractivity contribution in [1.82, 2.24) is 10.6 Å². The van der Waals surface area contributed by atoms with Gasteiger partial charge in [-0.25, -0.2) is 0 Å². The van der Waals surface area contributed by atoms with E-state index in [9.17, 15) is 9.59 Å². The molecule has 0 aliphatic carbocycles. The van der Waals surface area contributed by atoms with Crippen molar-refractivity contribution in [3.63, 3.8) is 0 Å². The maximum Gasteiger partial charge on any atom is 0.287 e. The van der Waals surface area contributed by atoms with E-state index in [1.807, 2.05) is 0 Å². The molecule has 2 amide bonds. The maximum atomic E-state index is 11.7. The van der Waals surface area contributed by atoms with Crippen molar-refractivity contribution in [2.75, 3.05) is 13.1 Å². The van der Waals surface area contributed by atoms with Gasteiger partial charge in [0.25, 0.3) is 11.8 Å². The molecule has 6 nitrogen and oxygen atoms in total. The second-order valence-corrected chi connectivity index (χ2v) is 3.92. The summed E-state index contributed by atoms with van der Waals surface area (Å²) in [5, 5.41) is 5.27. The summed E-state index contributed by atoms with van der Waals surface area (Å²) < 4.78 is 9.98. The Morgan fingerprint density at radius 2 is 1.79 bits per heavy atom. The Morgan fingerprint density at radius 3 is 2.37 bits per heavy atom. The van der Waals surface area contributed by atoms with Gasteiger partial charge in [0, 0.05) is 18.7 Å². The van der Waals surface area contributed by atoms with Gasteiger partial charge in [0.05, 0.1) is 12.5 Å². The summed E-state index contributed by atoms with van der Waals surface area (Å²) >= 11 is 0. The van der Waals surface area contributed by atoms with Crippen LogP contribution >= 0.6 is 0 Å². The number of nitrogens with one attached hydrogen (secondary N) is 2. The zero-order valence-corrected chi connectivity index (χ0v) is 10.4. The van der Waals surface area contributed by atoms with E-state index < -0.39 is 0 Å². The van der Waals surface area contributed by atoms with Crippen LogP contribution in [-0.2, 0) is 0 Å². The Morgan fingerprint density at radius 1 is 1.05 bits per heavy atom. The lowest BCUT2D eigenvalue weighted by atomic mass is 10.3. The molecule has 0 atom stereocenters. The van der Waals surface area contributed by atoms with Crippen LogP contribution in [-0.4, -0.2) is 24.9 Å². The summed E-state index contributed by atoms with van der Waals surface area (Å²) in [6.07, 6.45) is 2.89. The fraction of sp³-hybridized carbons (Fsp3) is 0.231. The molecule has 0 aliphatic heterocycles. The first kappa shape index (κ1) is 12.9. The number of rotatable bonds is 5. The summed E-state index contributed by atoms with van der Waals surface area (Å²) in [4.78, 5) is 23.2. The lowest BCUT2D eigenvalue weighted by molar-refractivity contribution is 0.0900. The molecule has 0 aliphatic rings. The van der Waals surface area contributed by atoms with Crippen LogP contribution in [0.1, 0.15) is 26.7 Å². The highest BCUT2D eigenvalue weighted by Crippen LogP contribution is 2.07. The Labute approximate surface area is 109 Å². The van der Waals surface area contributed by atoms with Gasteiger partial charge in [-0.1, -0.05) is 0 Å². The van der Waals surface area contributed by atoms with Crippen LogP contribution in [0.25, 0.3) is 0 Å². The summed E-state index contributed by atoms with van der Waals surface area (Å²) in [6, 6.07) is 4.92. The first-order chi connectivity index (χ1) is 9.18. The number of carbonyl (C=O) groups excluding carboxylic acids is 2. The Hall–Kier alpha value is -2.50. The average Bonchev–Trinajstić information content (AvgIpc) is 3.04. The summed E-state index contributed by atoms with van der Waals surface area (Å²) in [6.45, 7) is 2.41. The summed E-state index contributed by atoms with van der Waals surface area (Å²) in [5.74, 6) is -0.0752. The van der Waals surface area contributed by atoms with Gasteiger partial charge < -0.3 is 19.5 Å². The normalized spacial score (nSPS) is 10.2. The topological polar surface area (TPSA) is 84.5 Å². The maximum absolute atomic E-state index is 11.7. The van der Waals surface area contributed by atoms with Gasteiger partial charge in [-0.15, -0.1) is 0 Å². The number of amides is 2. The average molecular weight is 262 g/mol. The van der Waals surface area contributed by atoms with Crippen molar-refractivity contribution in [1.29, 1.82) is 0 Å². The summed E-state index contributed by atoms with van der Waals surface area (Å²) in [7, 11) is 0. The number of aryl methyl sites for hydroxylation is 1. The summed E-state index contributed by atoms with van der Waals surface area (Å²) in [5.41, 5.74) is 0.775. The van der Waals surface area contributed by atoms with E-state index in [0.717, 1.165) is 5.56 Å². The zero-order valence-electron chi connectivity index (χ0n) is 10.4. The van der Waals surface area contributed by atoms with Gasteiger partial charge in [0.2, 0.25) is 0 Å². The molecule has 0 spiro atoms. The second kappa shape index (κ2) is 5.90. The molecule has 0 fully saturated rings. The molecule has 100 valence electrons. The van der Waals surface area contributed by atoms with E-state index in [2.05, 4.69) is 10.6 Å². The van der Waals surface area contributed by atoms with Crippen LogP contribution < -0.4 is 10.6 Å². The molecule has 2 rings (SSSR count). The molecule has 0 saturated heterocycles. The van der Waals surface area contributed by atoms with Crippen LogP contribution in [0.15, 0.2) is 39.6 Å².